The quantitative estimate of drug-likeness (QED) is 0.172. The number of ether oxygens (including phenoxy) is 1. The lowest BCUT2D eigenvalue weighted by molar-refractivity contribution is -0.178. The minimum absolute atomic E-state index is 0.0147. The van der Waals surface area contributed by atoms with E-state index >= 15 is 4.39 Å². The number of likely N-dealkylation sites (tertiary alicyclic amines) is 1. The Kier molecular flexibility index (Phi) is 8.69. The van der Waals surface area contributed by atoms with Crippen molar-refractivity contribution in [2.45, 2.75) is 25.4 Å². The number of aliphatic imine (C=N–C) groups is 1. The molecule has 4 rings (SSSR count). The van der Waals surface area contributed by atoms with E-state index in [0.717, 1.165) is 23.4 Å². The van der Waals surface area contributed by atoms with Crippen LogP contribution < -0.4 is 10.5 Å². The van der Waals surface area contributed by atoms with Crippen molar-refractivity contribution in [1.29, 1.82) is 0 Å². The van der Waals surface area contributed by atoms with E-state index in [1.807, 2.05) is 0 Å². The number of Topliss-reactive ketones (excluding diaryl/α,β-unsaturated/α-hetero) is 1. The normalized spacial score (nSPS) is 16.4. The number of rotatable bonds is 7. The summed E-state index contributed by atoms with van der Waals surface area (Å²) in [5.74, 6) is -15.5. The molecular formula is C27H21F8N5O3. The molecule has 16 heteroatoms. The molecule has 0 aliphatic carbocycles. The van der Waals surface area contributed by atoms with Crippen LogP contribution in [-0.2, 0) is 9.59 Å². The third-order valence-corrected chi connectivity index (χ3v) is 6.96. The molecule has 1 aromatic heterocycles. The Morgan fingerprint density at radius 1 is 1.05 bits per heavy atom. The molecule has 0 spiro atoms. The van der Waals surface area contributed by atoms with Crippen molar-refractivity contribution >= 4 is 23.2 Å². The lowest BCUT2D eigenvalue weighted by atomic mass is 9.86. The van der Waals surface area contributed by atoms with E-state index in [0.29, 0.717) is 6.07 Å². The third kappa shape index (κ3) is 6.12. The molecule has 2 aromatic carbocycles. The molecule has 43 heavy (non-hydrogen) atoms. The number of nitrogen functional groups attached to an aromatic ring is 1. The van der Waals surface area contributed by atoms with Crippen LogP contribution in [0.2, 0.25) is 0 Å². The highest BCUT2D eigenvalue weighted by Gasteiger charge is 2.47. The van der Waals surface area contributed by atoms with Gasteiger partial charge in [0.05, 0.1) is 17.0 Å². The average Bonchev–Trinajstić information content (AvgIpc) is 3.45. The number of nitrogens with zero attached hydrogens (tertiary/aromatic N) is 4. The van der Waals surface area contributed by atoms with Crippen molar-refractivity contribution in [1.82, 2.24) is 14.9 Å². The molecule has 1 fully saturated rings. The van der Waals surface area contributed by atoms with Crippen LogP contribution in [0, 0.1) is 35.0 Å². The molecular weight excluding hydrogens is 594 g/mol. The van der Waals surface area contributed by atoms with Gasteiger partial charge in [0.2, 0.25) is 17.4 Å². The molecule has 1 saturated heterocycles. The summed E-state index contributed by atoms with van der Waals surface area (Å²) >= 11 is 0. The Morgan fingerprint density at radius 2 is 1.70 bits per heavy atom. The first-order valence-corrected chi connectivity index (χ1v) is 12.4. The Bertz CT molecular complexity index is 1600. The van der Waals surface area contributed by atoms with Crippen LogP contribution in [0.15, 0.2) is 35.6 Å². The van der Waals surface area contributed by atoms with Crippen LogP contribution in [0.1, 0.15) is 36.1 Å². The minimum atomic E-state index is -5.32. The fourth-order valence-corrected chi connectivity index (χ4v) is 4.75. The van der Waals surface area contributed by atoms with Crippen molar-refractivity contribution in [3.8, 4) is 11.5 Å². The summed E-state index contributed by atoms with van der Waals surface area (Å²) in [6.07, 6.45) is -3.99. The summed E-state index contributed by atoms with van der Waals surface area (Å²) in [5, 5.41) is 0. The predicted molar refractivity (Wildman–Crippen MR) is 135 cm³/mol. The van der Waals surface area contributed by atoms with Crippen LogP contribution in [-0.4, -0.2) is 58.6 Å². The Labute approximate surface area is 238 Å². The van der Waals surface area contributed by atoms with Gasteiger partial charge in [-0.3, -0.25) is 14.6 Å². The number of alkyl halides is 3. The summed E-state index contributed by atoms with van der Waals surface area (Å²) < 4.78 is 114. The first-order chi connectivity index (χ1) is 20.1. The van der Waals surface area contributed by atoms with Crippen molar-refractivity contribution in [2.24, 2.45) is 10.9 Å². The Morgan fingerprint density at radius 3 is 2.28 bits per heavy atom. The zero-order valence-electron chi connectivity index (χ0n) is 22.3. The number of ketones is 1. The first kappa shape index (κ1) is 31.3. The largest absolute Gasteiger partial charge is 0.460 e. The highest BCUT2D eigenvalue weighted by molar-refractivity contribution is 6.38. The number of nitrogens with two attached hydrogens (primary N) is 1. The van der Waals surface area contributed by atoms with Gasteiger partial charge in [-0.25, -0.2) is 23.1 Å². The summed E-state index contributed by atoms with van der Waals surface area (Å²) in [7, 11) is 1.29. The van der Waals surface area contributed by atoms with Gasteiger partial charge in [0, 0.05) is 43.8 Å². The maximum absolute atomic E-state index is 15.4. The summed E-state index contributed by atoms with van der Waals surface area (Å²) in [4.78, 5) is 36.5. The lowest BCUT2D eigenvalue weighted by Crippen LogP contribution is -2.42. The fourth-order valence-electron chi connectivity index (χ4n) is 4.75. The number of aromatic nitrogens is 2. The molecule has 3 aromatic rings. The van der Waals surface area contributed by atoms with E-state index in [1.165, 1.54) is 7.05 Å². The van der Waals surface area contributed by atoms with Crippen molar-refractivity contribution in [3.05, 3.63) is 76.5 Å². The Balaban J connectivity index is 1.64. The number of hydrogen-bond acceptors (Lipinski definition) is 7. The topological polar surface area (TPSA) is 111 Å². The van der Waals surface area contributed by atoms with E-state index in [-0.39, 0.29) is 53.9 Å². The summed E-state index contributed by atoms with van der Waals surface area (Å²) in [6.45, 7) is 1.34. The third-order valence-electron chi connectivity index (χ3n) is 6.96. The van der Waals surface area contributed by atoms with Crippen LogP contribution in [0.4, 0.5) is 40.9 Å². The number of benzene rings is 2. The van der Waals surface area contributed by atoms with Crippen LogP contribution in [0.5, 0.6) is 11.5 Å². The van der Waals surface area contributed by atoms with Gasteiger partial charge in [0.25, 0.3) is 5.91 Å². The second kappa shape index (κ2) is 11.9. The van der Waals surface area contributed by atoms with E-state index in [4.69, 9.17) is 10.5 Å². The highest BCUT2D eigenvalue weighted by atomic mass is 19.4. The number of anilines is 1. The molecule has 2 N–H and O–H groups in total. The molecule has 0 bridgehead atoms. The zero-order chi connectivity index (χ0) is 31.8. The molecule has 0 saturated carbocycles. The second-order valence-corrected chi connectivity index (χ2v) is 9.55. The predicted octanol–water partition coefficient (Wildman–Crippen LogP) is 5.10. The maximum atomic E-state index is 15.4. The van der Waals surface area contributed by atoms with Gasteiger partial charge in [-0.15, -0.1) is 0 Å². The van der Waals surface area contributed by atoms with Gasteiger partial charge in [-0.2, -0.15) is 22.0 Å². The molecule has 2 unspecified atom stereocenters. The van der Waals surface area contributed by atoms with Gasteiger partial charge in [0.1, 0.15) is 23.7 Å². The van der Waals surface area contributed by atoms with E-state index in [9.17, 15) is 40.3 Å². The van der Waals surface area contributed by atoms with Crippen molar-refractivity contribution < 1.29 is 49.4 Å². The van der Waals surface area contributed by atoms with Gasteiger partial charge in [0.15, 0.2) is 11.6 Å². The van der Waals surface area contributed by atoms with Crippen molar-refractivity contribution in [2.75, 3.05) is 25.9 Å². The fraction of sp³-hybridized carbons (Fsp3) is 0.296. The molecule has 2 heterocycles. The monoisotopic (exact) mass is 615 g/mol. The molecule has 8 nitrogen and oxygen atoms in total. The van der Waals surface area contributed by atoms with Gasteiger partial charge in [-0.05, 0) is 24.5 Å². The first-order valence-electron chi connectivity index (χ1n) is 12.4. The number of amides is 1. The molecule has 228 valence electrons. The molecule has 1 amide bonds. The van der Waals surface area contributed by atoms with Gasteiger partial charge < -0.3 is 15.4 Å². The van der Waals surface area contributed by atoms with Gasteiger partial charge >= 0.3 is 12.0 Å². The molecule has 0 radical (unpaired) electrons. The van der Waals surface area contributed by atoms with Crippen LogP contribution in [0.3, 0.4) is 0 Å². The van der Waals surface area contributed by atoms with Crippen LogP contribution in [0.25, 0.3) is 0 Å². The smallest absolute Gasteiger partial charge is 0.451 e. The van der Waals surface area contributed by atoms with E-state index < -0.39 is 70.3 Å². The minimum Gasteiger partial charge on any atom is -0.451 e. The molecule has 2 atom stereocenters. The summed E-state index contributed by atoms with van der Waals surface area (Å²) in [6, 6.07) is 2.81. The molecule has 1 aliphatic rings. The second-order valence-electron chi connectivity index (χ2n) is 9.55. The number of hydrogen-bond donors (Lipinski definition) is 1. The number of carbonyl (C=O) groups is 2. The maximum Gasteiger partial charge on any atom is 0.460 e. The molecule has 1 aliphatic heterocycles. The summed E-state index contributed by atoms with van der Waals surface area (Å²) in [5.41, 5.74) is 6.09. The average molecular weight is 615 g/mol. The zero-order valence-corrected chi connectivity index (χ0v) is 22.3. The number of carbonyl (C=O) groups excluding carboxylic acids is 2. The van der Waals surface area contributed by atoms with E-state index in [2.05, 4.69) is 15.0 Å². The standard InChI is InChI=1S/C27H21F8N5O3/c1-11(12-5-6-40(9-12)26(42)24(41)27(33,34)35)21-18(25(36)39-10-38-21)22(37-2)14-4-3-13(7-15(14)28)43-23-19(31)16(29)8-17(30)20(23)32/h3-4,7-8,10-12H,5-6,9H2,1-2H3,(H2,36,38,39). The van der Waals surface area contributed by atoms with Crippen molar-refractivity contribution in [3.63, 3.8) is 0 Å². The SMILES string of the molecule is CN=C(c1ccc(Oc2c(F)c(F)cc(F)c2F)cc1F)c1c(N)ncnc1C(C)C1CCN(C(=O)C(=O)C(F)(F)F)C1. The Hall–Kier alpha value is -4.63. The van der Waals surface area contributed by atoms with Gasteiger partial charge in [-0.1, -0.05) is 6.92 Å². The lowest BCUT2D eigenvalue weighted by Gasteiger charge is -2.23. The number of halogens is 8. The van der Waals surface area contributed by atoms with E-state index in [1.54, 1.807) is 6.92 Å². The van der Waals surface area contributed by atoms with Crippen LogP contribution >= 0.6 is 0 Å². The highest BCUT2D eigenvalue weighted by Crippen LogP contribution is 2.36.